The molecule has 0 saturated carbocycles. The van der Waals surface area contributed by atoms with Gasteiger partial charge in [0.15, 0.2) is 0 Å². The highest BCUT2D eigenvalue weighted by molar-refractivity contribution is 6.30. The Hall–Kier alpha value is -0.640. The van der Waals surface area contributed by atoms with Gasteiger partial charge in [0.2, 0.25) is 0 Å². The van der Waals surface area contributed by atoms with Gasteiger partial charge in [-0.2, -0.15) is 0 Å². The Morgan fingerprint density at radius 2 is 2.32 bits per heavy atom. The van der Waals surface area contributed by atoms with E-state index in [2.05, 4.69) is 19.2 Å². The Morgan fingerprint density at radius 3 is 2.89 bits per heavy atom. The number of hydrogen-bond acceptors (Lipinski definition) is 2. The van der Waals surface area contributed by atoms with Gasteiger partial charge in [0.1, 0.15) is 5.82 Å². The highest BCUT2D eigenvalue weighted by Gasteiger charge is 2.41. The molecule has 1 aliphatic heterocycles. The van der Waals surface area contributed by atoms with E-state index in [4.69, 9.17) is 16.3 Å². The van der Waals surface area contributed by atoms with Crippen LogP contribution in [0.5, 0.6) is 0 Å². The molecule has 1 aromatic rings. The highest BCUT2D eigenvalue weighted by atomic mass is 35.5. The lowest BCUT2D eigenvalue weighted by atomic mass is 9.76. The number of halogens is 2. The molecule has 1 aliphatic rings. The third-order valence-electron chi connectivity index (χ3n) is 4.10. The van der Waals surface area contributed by atoms with Gasteiger partial charge in [-0.1, -0.05) is 24.6 Å². The summed E-state index contributed by atoms with van der Waals surface area (Å²) in [6, 6.07) is 5.08. The summed E-state index contributed by atoms with van der Waals surface area (Å²) in [5.41, 5.74) is 1.04. The maximum Gasteiger partial charge on any atom is 0.142 e. The Morgan fingerprint density at radius 1 is 1.53 bits per heavy atom. The highest BCUT2D eigenvalue weighted by Crippen LogP contribution is 2.38. The van der Waals surface area contributed by atoms with Crippen LogP contribution in [0.3, 0.4) is 0 Å². The fourth-order valence-corrected chi connectivity index (χ4v) is 2.89. The Balaban J connectivity index is 2.17. The monoisotopic (exact) mass is 285 g/mol. The molecule has 1 heterocycles. The SMILES string of the molecule is CCNCC1(Cc2ccc(Cl)c(F)c2)CCOC1C. The second-order valence-electron chi connectivity index (χ2n) is 5.33. The third kappa shape index (κ3) is 3.28. The maximum absolute atomic E-state index is 13.5. The molecule has 1 N–H and O–H groups in total. The van der Waals surface area contributed by atoms with E-state index in [-0.39, 0.29) is 22.4 Å². The summed E-state index contributed by atoms with van der Waals surface area (Å²) >= 11 is 5.73. The summed E-state index contributed by atoms with van der Waals surface area (Å²) in [4.78, 5) is 0. The van der Waals surface area contributed by atoms with Crippen LogP contribution in [-0.2, 0) is 11.2 Å². The van der Waals surface area contributed by atoms with Crippen molar-refractivity contribution >= 4 is 11.6 Å². The van der Waals surface area contributed by atoms with Crippen molar-refractivity contribution in [2.45, 2.75) is 32.8 Å². The first-order chi connectivity index (χ1) is 9.07. The van der Waals surface area contributed by atoms with Crippen LogP contribution in [0, 0.1) is 11.2 Å². The van der Waals surface area contributed by atoms with Gasteiger partial charge in [-0.05, 0) is 44.0 Å². The lowest BCUT2D eigenvalue weighted by Crippen LogP contribution is -2.41. The van der Waals surface area contributed by atoms with Crippen LogP contribution in [0.1, 0.15) is 25.8 Å². The van der Waals surface area contributed by atoms with Gasteiger partial charge in [0, 0.05) is 18.6 Å². The van der Waals surface area contributed by atoms with Crippen molar-refractivity contribution in [1.82, 2.24) is 5.32 Å². The second kappa shape index (κ2) is 6.21. The average Bonchev–Trinajstić information content (AvgIpc) is 2.73. The molecular formula is C15H21ClFNO. The summed E-state index contributed by atoms with van der Waals surface area (Å²) in [6.45, 7) is 6.81. The van der Waals surface area contributed by atoms with Gasteiger partial charge < -0.3 is 10.1 Å². The predicted molar refractivity (Wildman–Crippen MR) is 76.1 cm³/mol. The molecule has 0 bridgehead atoms. The van der Waals surface area contributed by atoms with Gasteiger partial charge in [0.05, 0.1) is 11.1 Å². The van der Waals surface area contributed by atoms with E-state index in [1.807, 2.05) is 6.07 Å². The van der Waals surface area contributed by atoms with Crippen molar-refractivity contribution in [3.05, 3.63) is 34.6 Å². The lowest BCUT2D eigenvalue weighted by Gasteiger charge is -2.32. The third-order valence-corrected chi connectivity index (χ3v) is 4.40. The van der Waals surface area contributed by atoms with E-state index < -0.39 is 0 Å². The fraction of sp³-hybridized carbons (Fsp3) is 0.600. The molecule has 2 rings (SSSR count). The first-order valence-corrected chi connectivity index (χ1v) is 7.21. The van der Waals surface area contributed by atoms with E-state index in [0.29, 0.717) is 0 Å². The quantitative estimate of drug-likeness (QED) is 0.895. The van der Waals surface area contributed by atoms with Gasteiger partial charge in [-0.3, -0.25) is 0 Å². The van der Waals surface area contributed by atoms with Gasteiger partial charge in [0.25, 0.3) is 0 Å². The number of ether oxygens (including phenoxy) is 1. The molecule has 0 aliphatic carbocycles. The second-order valence-corrected chi connectivity index (χ2v) is 5.74. The number of rotatable bonds is 5. The fourth-order valence-electron chi connectivity index (χ4n) is 2.78. The minimum Gasteiger partial charge on any atom is -0.378 e. The van der Waals surface area contributed by atoms with E-state index in [9.17, 15) is 4.39 Å². The van der Waals surface area contributed by atoms with Crippen LogP contribution in [0.15, 0.2) is 18.2 Å². The molecular weight excluding hydrogens is 265 g/mol. The normalized spacial score (nSPS) is 26.8. The van der Waals surface area contributed by atoms with Crippen LogP contribution in [0.25, 0.3) is 0 Å². The van der Waals surface area contributed by atoms with E-state index in [0.717, 1.165) is 38.1 Å². The van der Waals surface area contributed by atoms with E-state index in [1.54, 1.807) is 12.1 Å². The molecule has 2 unspecified atom stereocenters. The largest absolute Gasteiger partial charge is 0.378 e. The maximum atomic E-state index is 13.5. The predicted octanol–water partition coefficient (Wildman–Crippen LogP) is 3.43. The summed E-state index contributed by atoms with van der Waals surface area (Å²) in [5, 5.41) is 3.59. The molecule has 106 valence electrons. The molecule has 1 aromatic carbocycles. The Labute approximate surface area is 119 Å². The number of nitrogens with one attached hydrogen (secondary N) is 1. The van der Waals surface area contributed by atoms with Crippen LogP contribution < -0.4 is 5.32 Å². The molecule has 0 radical (unpaired) electrons. The average molecular weight is 286 g/mol. The summed E-state index contributed by atoms with van der Waals surface area (Å²) in [7, 11) is 0. The lowest BCUT2D eigenvalue weighted by molar-refractivity contribution is 0.0632. The van der Waals surface area contributed by atoms with Crippen molar-refractivity contribution in [3.63, 3.8) is 0 Å². The zero-order chi connectivity index (χ0) is 13.9. The molecule has 4 heteroatoms. The molecule has 0 aromatic heterocycles. The van der Waals surface area contributed by atoms with Crippen LogP contribution in [-0.4, -0.2) is 25.8 Å². The van der Waals surface area contributed by atoms with Crippen molar-refractivity contribution in [2.75, 3.05) is 19.7 Å². The molecule has 2 nitrogen and oxygen atoms in total. The van der Waals surface area contributed by atoms with Crippen LogP contribution in [0.4, 0.5) is 4.39 Å². The van der Waals surface area contributed by atoms with Crippen LogP contribution >= 0.6 is 11.6 Å². The van der Waals surface area contributed by atoms with Crippen molar-refractivity contribution in [3.8, 4) is 0 Å². The Kier molecular flexibility index (Phi) is 4.82. The topological polar surface area (TPSA) is 21.3 Å². The van der Waals surface area contributed by atoms with Gasteiger partial charge in [-0.25, -0.2) is 4.39 Å². The zero-order valence-electron chi connectivity index (χ0n) is 11.5. The summed E-state index contributed by atoms with van der Waals surface area (Å²) in [6.07, 6.45) is 2.01. The molecule has 0 spiro atoms. The van der Waals surface area contributed by atoms with Crippen LogP contribution in [0.2, 0.25) is 5.02 Å². The minimum atomic E-state index is -0.343. The van der Waals surface area contributed by atoms with E-state index in [1.165, 1.54) is 0 Å². The van der Waals surface area contributed by atoms with Crippen molar-refractivity contribution in [2.24, 2.45) is 5.41 Å². The number of hydrogen-bond donors (Lipinski definition) is 1. The first-order valence-electron chi connectivity index (χ1n) is 6.83. The molecule has 0 amide bonds. The number of benzene rings is 1. The minimum absolute atomic E-state index is 0.0519. The van der Waals surface area contributed by atoms with Crippen molar-refractivity contribution in [1.29, 1.82) is 0 Å². The molecule has 1 saturated heterocycles. The summed E-state index contributed by atoms with van der Waals surface area (Å²) < 4.78 is 19.3. The zero-order valence-corrected chi connectivity index (χ0v) is 12.3. The van der Waals surface area contributed by atoms with Crippen molar-refractivity contribution < 1.29 is 9.13 Å². The molecule has 2 atom stereocenters. The standard InChI is InChI=1S/C15H21ClFNO/c1-3-18-10-15(6-7-19-11(15)2)9-12-4-5-13(16)14(17)8-12/h4-5,8,11,18H,3,6-7,9-10H2,1-2H3. The van der Waals surface area contributed by atoms with E-state index >= 15 is 0 Å². The molecule has 1 fully saturated rings. The Bertz CT molecular complexity index is 440. The van der Waals surface area contributed by atoms with Gasteiger partial charge in [-0.15, -0.1) is 0 Å². The van der Waals surface area contributed by atoms with Gasteiger partial charge >= 0.3 is 0 Å². The molecule has 19 heavy (non-hydrogen) atoms. The first kappa shape index (κ1) is 14.8. The smallest absolute Gasteiger partial charge is 0.142 e. The summed E-state index contributed by atoms with van der Waals surface area (Å²) in [5.74, 6) is -0.343.